The standard InChI is InChI=1S/C14H20ClN3O2/c1-3-7-16-14(20)17-13(19)10-18(2)9-11-5-4-6-12(15)8-11/h4-6,8H,3,7,9-10H2,1-2H3,(H2,16,17,19,20)/p+1. The van der Waals surface area contributed by atoms with Crippen molar-refractivity contribution < 1.29 is 14.5 Å². The Kier molecular flexibility index (Phi) is 7.04. The molecule has 0 spiro atoms. The van der Waals surface area contributed by atoms with Crippen LogP contribution in [0.4, 0.5) is 4.79 Å². The van der Waals surface area contributed by atoms with E-state index in [0.717, 1.165) is 16.9 Å². The molecule has 3 N–H and O–H groups in total. The van der Waals surface area contributed by atoms with Crippen molar-refractivity contribution >= 4 is 23.5 Å². The zero-order valence-electron chi connectivity index (χ0n) is 11.8. The Morgan fingerprint density at radius 2 is 2.10 bits per heavy atom. The Bertz CT molecular complexity index is 465. The van der Waals surface area contributed by atoms with E-state index in [1.807, 2.05) is 38.2 Å². The van der Waals surface area contributed by atoms with Gasteiger partial charge < -0.3 is 10.2 Å². The summed E-state index contributed by atoms with van der Waals surface area (Å²) >= 11 is 5.91. The number of rotatable bonds is 6. The fourth-order valence-corrected chi connectivity index (χ4v) is 2.00. The van der Waals surface area contributed by atoms with E-state index in [9.17, 15) is 9.59 Å². The number of hydrogen-bond donors (Lipinski definition) is 3. The third-order valence-corrected chi connectivity index (χ3v) is 2.88. The van der Waals surface area contributed by atoms with E-state index in [0.29, 0.717) is 18.1 Å². The van der Waals surface area contributed by atoms with Crippen LogP contribution in [0.25, 0.3) is 0 Å². The maximum absolute atomic E-state index is 11.7. The minimum absolute atomic E-state index is 0.228. The molecule has 110 valence electrons. The molecule has 0 bridgehead atoms. The number of quaternary nitrogens is 1. The van der Waals surface area contributed by atoms with Gasteiger partial charge in [0.1, 0.15) is 6.54 Å². The first-order valence-corrected chi connectivity index (χ1v) is 7.02. The maximum Gasteiger partial charge on any atom is 0.321 e. The van der Waals surface area contributed by atoms with Crippen molar-refractivity contribution in [2.45, 2.75) is 19.9 Å². The lowest BCUT2D eigenvalue weighted by atomic mass is 10.2. The molecule has 20 heavy (non-hydrogen) atoms. The number of likely N-dealkylation sites (N-methyl/N-ethyl adjacent to an activating group) is 1. The summed E-state index contributed by atoms with van der Waals surface area (Å²) in [6, 6.07) is 7.08. The molecular formula is C14H21ClN3O2+. The molecule has 0 saturated carbocycles. The average molecular weight is 299 g/mol. The van der Waals surface area contributed by atoms with Crippen LogP contribution in [-0.4, -0.2) is 32.1 Å². The molecule has 1 rings (SSSR count). The fourth-order valence-electron chi connectivity index (χ4n) is 1.79. The number of imide groups is 1. The second-order valence-corrected chi connectivity index (χ2v) is 5.18. The monoisotopic (exact) mass is 298 g/mol. The molecule has 1 aromatic rings. The number of nitrogens with one attached hydrogen (secondary N) is 3. The minimum Gasteiger partial charge on any atom is -0.338 e. The van der Waals surface area contributed by atoms with Gasteiger partial charge in [0.2, 0.25) is 0 Å². The molecule has 1 atom stereocenters. The van der Waals surface area contributed by atoms with Crippen molar-refractivity contribution in [1.82, 2.24) is 10.6 Å². The molecule has 0 aromatic heterocycles. The highest BCUT2D eigenvalue weighted by Gasteiger charge is 2.13. The van der Waals surface area contributed by atoms with E-state index in [2.05, 4.69) is 10.6 Å². The van der Waals surface area contributed by atoms with Gasteiger partial charge in [0.25, 0.3) is 5.91 Å². The third kappa shape index (κ3) is 6.54. The number of benzene rings is 1. The Hall–Kier alpha value is -1.59. The van der Waals surface area contributed by atoms with Crippen LogP contribution in [0.15, 0.2) is 24.3 Å². The molecule has 0 fully saturated rings. The van der Waals surface area contributed by atoms with Gasteiger partial charge in [0.05, 0.1) is 7.05 Å². The average Bonchev–Trinajstić information content (AvgIpc) is 2.35. The van der Waals surface area contributed by atoms with Crippen molar-refractivity contribution in [2.75, 3.05) is 20.1 Å². The number of hydrogen-bond acceptors (Lipinski definition) is 2. The van der Waals surface area contributed by atoms with E-state index in [1.54, 1.807) is 0 Å². The highest BCUT2D eigenvalue weighted by Crippen LogP contribution is 2.09. The van der Waals surface area contributed by atoms with Crippen LogP contribution in [0.5, 0.6) is 0 Å². The highest BCUT2D eigenvalue weighted by atomic mass is 35.5. The molecule has 1 unspecified atom stereocenters. The second kappa shape index (κ2) is 8.55. The van der Waals surface area contributed by atoms with Gasteiger partial charge in [-0.05, 0) is 18.6 Å². The molecule has 0 radical (unpaired) electrons. The van der Waals surface area contributed by atoms with Gasteiger partial charge in [-0.2, -0.15) is 0 Å². The lowest BCUT2D eigenvalue weighted by Gasteiger charge is -2.13. The smallest absolute Gasteiger partial charge is 0.321 e. The van der Waals surface area contributed by atoms with E-state index in [1.165, 1.54) is 0 Å². The van der Waals surface area contributed by atoms with Gasteiger partial charge in [-0.15, -0.1) is 0 Å². The summed E-state index contributed by atoms with van der Waals surface area (Å²) in [4.78, 5) is 24.0. The summed E-state index contributed by atoms with van der Waals surface area (Å²) in [6.07, 6.45) is 0.835. The number of urea groups is 1. The van der Waals surface area contributed by atoms with E-state index < -0.39 is 6.03 Å². The minimum atomic E-state index is -0.438. The van der Waals surface area contributed by atoms with E-state index in [4.69, 9.17) is 11.6 Å². The maximum atomic E-state index is 11.7. The predicted molar refractivity (Wildman–Crippen MR) is 78.7 cm³/mol. The van der Waals surface area contributed by atoms with Crippen molar-refractivity contribution in [1.29, 1.82) is 0 Å². The van der Waals surface area contributed by atoms with Crippen molar-refractivity contribution in [3.63, 3.8) is 0 Å². The topological polar surface area (TPSA) is 62.6 Å². The third-order valence-electron chi connectivity index (χ3n) is 2.65. The zero-order valence-corrected chi connectivity index (χ0v) is 12.6. The number of carbonyl (C=O) groups excluding carboxylic acids is 2. The van der Waals surface area contributed by atoms with Gasteiger partial charge in [-0.3, -0.25) is 10.1 Å². The van der Waals surface area contributed by atoms with E-state index in [-0.39, 0.29) is 12.5 Å². The van der Waals surface area contributed by atoms with Crippen molar-refractivity contribution in [2.24, 2.45) is 0 Å². The van der Waals surface area contributed by atoms with Crippen molar-refractivity contribution in [3.8, 4) is 0 Å². The molecule has 0 aliphatic heterocycles. The van der Waals surface area contributed by atoms with Gasteiger partial charge >= 0.3 is 6.03 Å². The molecule has 3 amide bonds. The van der Waals surface area contributed by atoms with Crippen LogP contribution in [0.3, 0.4) is 0 Å². The molecule has 5 nitrogen and oxygen atoms in total. The summed E-state index contributed by atoms with van der Waals surface area (Å²) < 4.78 is 0. The molecule has 0 heterocycles. The second-order valence-electron chi connectivity index (χ2n) is 4.74. The van der Waals surface area contributed by atoms with Gasteiger partial charge in [0, 0.05) is 17.1 Å². The summed E-state index contributed by atoms with van der Waals surface area (Å²) in [5, 5.41) is 5.58. The van der Waals surface area contributed by atoms with Gasteiger partial charge in [-0.25, -0.2) is 4.79 Å². The van der Waals surface area contributed by atoms with Crippen LogP contribution in [-0.2, 0) is 11.3 Å². The van der Waals surface area contributed by atoms with Gasteiger partial charge in [0.15, 0.2) is 6.54 Å². The number of carbonyl (C=O) groups is 2. The quantitative estimate of drug-likeness (QED) is 0.720. The molecule has 6 heteroatoms. The first-order chi connectivity index (χ1) is 9.51. The lowest BCUT2D eigenvalue weighted by molar-refractivity contribution is -0.885. The number of amides is 3. The van der Waals surface area contributed by atoms with Crippen LogP contribution >= 0.6 is 11.6 Å². The molecular weight excluding hydrogens is 278 g/mol. The Morgan fingerprint density at radius 3 is 2.75 bits per heavy atom. The molecule has 1 aromatic carbocycles. The van der Waals surface area contributed by atoms with Crippen LogP contribution in [0.1, 0.15) is 18.9 Å². The summed E-state index contributed by atoms with van der Waals surface area (Å²) in [5.74, 6) is -0.293. The SMILES string of the molecule is CCCNC(=O)NC(=O)C[NH+](C)Cc1cccc(Cl)c1. The Morgan fingerprint density at radius 1 is 1.35 bits per heavy atom. The van der Waals surface area contributed by atoms with Crippen LogP contribution in [0.2, 0.25) is 5.02 Å². The van der Waals surface area contributed by atoms with Crippen molar-refractivity contribution in [3.05, 3.63) is 34.9 Å². The first-order valence-electron chi connectivity index (χ1n) is 6.64. The molecule has 0 aliphatic rings. The number of halogens is 1. The van der Waals surface area contributed by atoms with Crippen LogP contribution < -0.4 is 15.5 Å². The Labute approximate surface area is 124 Å². The normalized spacial score (nSPS) is 11.8. The summed E-state index contributed by atoms with van der Waals surface area (Å²) in [7, 11) is 1.89. The first kappa shape index (κ1) is 16.5. The van der Waals surface area contributed by atoms with Crippen LogP contribution in [0, 0.1) is 0 Å². The zero-order chi connectivity index (χ0) is 15.0. The van der Waals surface area contributed by atoms with Gasteiger partial charge in [-0.1, -0.05) is 30.7 Å². The largest absolute Gasteiger partial charge is 0.338 e. The lowest BCUT2D eigenvalue weighted by Crippen LogP contribution is -3.09. The molecule has 0 saturated heterocycles. The summed E-state index contributed by atoms with van der Waals surface area (Å²) in [5.41, 5.74) is 1.05. The van der Waals surface area contributed by atoms with E-state index >= 15 is 0 Å². The fraction of sp³-hybridized carbons (Fsp3) is 0.429. The Balaban J connectivity index is 2.36. The molecule has 0 aliphatic carbocycles. The predicted octanol–water partition coefficient (Wildman–Crippen LogP) is 0.591. The summed E-state index contributed by atoms with van der Waals surface area (Å²) in [6.45, 7) is 3.41. The highest BCUT2D eigenvalue weighted by molar-refractivity contribution is 6.30.